The maximum absolute atomic E-state index is 5.58. The second kappa shape index (κ2) is 5.79. The van der Waals surface area contributed by atoms with Crippen LogP contribution in [0.15, 0.2) is 12.2 Å². The summed E-state index contributed by atoms with van der Waals surface area (Å²) in [7, 11) is 1.50. The highest BCUT2D eigenvalue weighted by atomic mass is 14.6. The van der Waals surface area contributed by atoms with Crippen LogP contribution in [-0.2, 0) is 0 Å². The van der Waals surface area contributed by atoms with Crippen LogP contribution in [0.25, 0.3) is 0 Å². The van der Waals surface area contributed by atoms with Crippen molar-refractivity contribution in [2.24, 2.45) is 11.5 Å². The molecule has 0 fully saturated rings. The Morgan fingerprint density at radius 3 is 2.22 bits per heavy atom. The summed E-state index contributed by atoms with van der Waals surface area (Å²) in [4.78, 5) is 0. The summed E-state index contributed by atoms with van der Waals surface area (Å²) in [6, 6.07) is 0.449. The van der Waals surface area contributed by atoms with Gasteiger partial charge in [0.05, 0.1) is 0 Å². The summed E-state index contributed by atoms with van der Waals surface area (Å²) >= 11 is 0. The fourth-order valence-electron chi connectivity index (χ4n) is 0.817. The van der Waals surface area contributed by atoms with Gasteiger partial charge in [-0.25, -0.2) is 0 Å². The summed E-state index contributed by atoms with van der Waals surface area (Å²) in [5.41, 5.74) is 10.1. The summed E-state index contributed by atoms with van der Waals surface area (Å²) in [5.74, 6) is 0. The lowest BCUT2D eigenvalue weighted by molar-refractivity contribution is 0.606. The highest BCUT2D eigenvalue weighted by Crippen LogP contribution is 2.06. The SMILES string of the molecule is CN.N[C@H]1CC=CCC1. The van der Waals surface area contributed by atoms with Crippen LogP contribution in [0.4, 0.5) is 0 Å². The Bertz CT molecular complexity index is 79.0. The predicted molar refractivity (Wildman–Crippen MR) is 41.1 cm³/mol. The van der Waals surface area contributed by atoms with E-state index in [1.165, 1.54) is 19.9 Å². The van der Waals surface area contributed by atoms with Crippen molar-refractivity contribution >= 4 is 0 Å². The van der Waals surface area contributed by atoms with Gasteiger partial charge in [0.2, 0.25) is 0 Å². The lowest BCUT2D eigenvalue weighted by atomic mass is 10.0. The first-order chi connectivity index (χ1) is 4.39. The van der Waals surface area contributed by atoms with Crippen LogP contribution in [0.3, 0.4) is 0 Å². The quantitative estimate of drug-likeness (QED) is 0.470. The lowest BCUT2D eigenvalue weighted by Crippen LogP contribution is -2.19. The van der Waals surface area contributed by atoms with Gasteiger partial charge in [-0.15, -0.1) is 0 Å². The highest BCUT2D eigenvalue weighted by molar-refractivity contribution is 4.91. The van der Waals surface area contributed by atoms with Crippen LogP contribution in [0.1, 0.15) is 19.3 Å². The van der Waals surface area contributed by atoms with Crippen molar-refractivity contribution in [3.63, 3.8) is 0 Å². The van der Waals surface area contributed by atoms with Crippen LogP contribution in [0.2, 0.25) is 0 Å². The molecule has 1 rings (SSSR count). The Morgan fingerprint density at radius 1 is 1.33 bits per heavy atom. The van der Waals surface area contributed by atoms with Crippen LogP contribution in [0.5, 0.6) is 0 Å². The van der Waals surface area contributed by atoms with Gasteiger partial charge >= 0.3 is 0 Å². The van der Waals surface area contributed by atoms with Gasteiger partial charge in [0.15, 0.2) is 0 Å². The fraction of sp³-hybridized carbons (Fsp3) is 0.714. The Kier molecular flexibility index (Phi) is 5.57. The first-order valence-electron chi connectivity index (χ1n) is 3.38. The zero-order valence-corrected chi connectivity index (χ0v) is 6.01. The van der Waals surface area contributed by atoms with Gasteiger partial charge in [-0.05, 0) is 26.3 Å². The molecule has 0 unspecified atom stereocenters. The van der Waals surface area contributed by atoms with Crippen LogP contribution >= 0.6 is 0 Å². The third kappa shape index (κ3) is 4.18. The fourth-order valence-corrected chi connectivity index (χ4v) is 0.817. The Morgan fingerprint density at radius 2 is 2.00 bits per heavy atom. The topological polar surface area (TPSA) is 52.0 Å². The van der Waals surface area contributed by atoms with E-state index in [2.05, 4.69) is 17.9 Å². The Hall–Kier alpha value is -0.340. The van der Waals surface area contributed by atoms with Crippen LogP contribution in [-0.4, -0.2) is 13.1 Å². The van der Waals surface area contributed by atoms with E-state index in [4.69, 9.17) is 5.73 Å². The van der Waals surface area contributed by atoms with Gasteiger partial charge in [0.25, 0.3) is 0 Å². The third-order valence-electron chi connectivity index (χ3n) is 1.31. The minimum atomic E-state index is 0.449. The van der Waals surface area contributed by atoms with Crippen molar-refractivity contribution < 1.29 is 0 Å². The molecule has 0 bridgehead atoms. The van der Waals surface area contributed by atoms with E-state index in [1.807, 2.05) is 0 Å². The summed E-state index contributed by atoms with van der Waals surface area (Å²) in [6.45, 7) is 0. The monoisotopic (exact) mass is 128 g/mol. The summed E-state index contributed by atoms with van der Waals surface area (Å²) in [5, 5.41) is 0. The minimum Gasteiger partial charge on any atom is -0.333 e. The molecule has 2 nitrogen and oxygen atoms in total. The Balaban J connectivity index is 0.000000291. The molecule has 1 aliphatic rings. The summed E-state index contributed by atoms with van der Waals surface area (Å²) in [6.07, 6.45) is 7.80. The van der Waals surface area contributed by atoms with Gasteiger partial charge in [0, 0.05) is 6.04 Å². The van der Waals surface area contributed by atoms with Gasteiger partial charge in [0.1, 0.15) is 0 Å². The molecule has 0 saturated carbocycles. The molecule has 0 aromatic carbocycles. The lowest BCUT2D eigenvalue weighted by Gasteiger charge is -2.09. The molecule has 0 aliphatic heterocycles. The number of allylic oxidation sites excluding steroid dienone is 1. The summed E-state index contributed by atoms with van der Waals surface area (Å²) < 4.78 is 0. The molecule has 0 spiro atoms. The van der Waals surface area contributed by atoms with Crippen molar-refractivity contribution in [3.05, 3.63) is 12.2 Å². The first-order valence-corrected chi connectivity index (χ1v) is 3.38. The van der Waals surface area contributed by atoms with Gasteiger partial charge < -0.3 is 11.5 Å². The maximum atomic E-state index is 5.58. The van der Waals surface area contributed by atoms with Crippen molar-refractivity contribution in [2.75, 3.05) is 7.05 Å². The van der Waals surface area contributed by atoms with Gasteiger partial charge in [-0.2, -0.15) is 0 Å². The molecule has 0 saturated heterocycles. The van der Waals surface area contributed by atoms with E-state index in [0.29, 0.717) is 6.04 Å². The molecule has 0 radical (unpaired) electrons. The van der Waals surface area contributed by atoms with Crippen LogP contribution < -0.4 is 11.5 Å². The molecule has 0 aromatic heterocycles. The second-order valence-electron chi connectivity index (χ2n) is 2.04. The number of hydrogen-bond acceptors (Lipinski definition) is 2. The molecule has 0 aromatic rings. The third-order valence-corrected chi connectivity index (χ3v) is 1.31. The molecular formula is C7H16N2. The highest BCUT2D eigenvalue weighted by Gasteiger charge is 2.00. The van der Waals surface area contributed by atoms with E-state index >= 15 is 0 Å². The van der Waals surface area contributed by atoms with E-state index in [-0.39, 0.29) is 0 Å². The predicted octanol–water partition coefficient (Wildman–Crippen LogP) is 0.629. The molecular weight excluding hydrogens is 112 g/mol. The number of hydrogen-bond donors (Lipinski definition) is 2. The van der Waals surface area contributed by atoms with E-state index < -0.39 is 0 Å². The van der Waals surface area contributed by atoms with E-state index in [1.54, 1.807) is 0 Å². The molecule has 2 heteroatoms. The van der Waals surface area contributed by atoms with Crippen molar-refractivity contribution in [2.45, 2.75) is 25.3 Å². The number of nitrogens with two attached hydrogens (primary N) is 2. The molecule has 9 heavy (non-hydrogen) atoms. The molecule has 1 atom stereocenters. The minimum absolute atomic E-state index is 0.449. The smallest absolute Gasteiger partial charge is 0.00763 e. The normalized spacial score (nSPS) is 24.6. The molecule has 0 heterocycles. The van der Waals surface area contributed by atoms with Crippen molar-refractivity contribution in [1.29, 1.82) is 0 Å². The first kappa shape index (κ1) is 8.66. The van der Waals surface area contributed by atoms with Crippen molar-refractivity contribution in [3.8, 4) is 0 Å². The zero-order chi connectivity index (χ0) is 7.11. The molecule has 1 aliphatic carbocycles. The maximum Gasteiger partial charge on any atom is 0.00763 e. The largest absolute Gasteiger partial charge is 0.333 e. The van der Waals surface area contributed by atoms with Gasteiger partial charge in [-0.1, -0.05) is 12.2 Å². The van der Waals surface area contributed by atoms with E-state index in [0.717, 1.165) is 6.42 Å². The molecule has 54 valence electrons. The average molecular weight is 128 g/mol. The zero-order valence-electron chi connectivity index (χ0n) is 6.01. The average Bonchev–Trinajstić information content (AvgIpc) is 1.94. The van der Waals surface area contributed by atoms with E-state index in [9.17, 15) is 0 Å². The number of rotatable bonds is 0. The standard InChI is InChI=1S/C6H11N.CH5N/c7-6-4-2-1-3-5-6;1-2/h1-2,6H,3-5,7H2;2H2,1H3/t6-;/m0./s1. The van der Waals surface area contributed by atoms with Gasteiger partial charge in [-0.3, -0.25) is 0 Å². The van der Waals surface area contributed by atoms with Crippen molar-refractivity contribution in [1.82, 2.24) is 0 Å². The molecule has 0 amide bonds. The Labute approximate surface area is 56.9 Å². The molecule has 4 N–H and O–H groups in total. The second-order valence-corrected chi connectivity index (χ2v) is 2.04. The van der Waals surface area contributed by atoms with Crippen LogP contribution in [0, 0.1) is 0 Å².